The molecule has 3 aliphatic heterocycles. The molecule has 2 aromatic carbocycles. The molecule has 6 rings (SSSR count). The van der Waals surface area contributed by atoms with Gasteiger partial charge in [-0.1, -0.05) is 65.3 Å². The number of carbonyl (C=O) groups excluding carboxylic acids is 3. The fraction of sp³-hybridized carbons (Fsp3) is 0.464. The zero-order chi connectivity index (χ0) is 28.2. The van der Waals surface area contributed by atoms with Crippen LogP contribution < -0.4 is 10.6 Å². The van der Waals surface area contributed by atoms with Crippen LogP contribution in [0.5, 0.6) is 0 Å². The number of rotatable bonds is 8. The summed E-state index contributed by atoms with van der Waals surface area (Å²) in [6, 6.07) is 15.2. The number of thioether (sulfide) groups is 1. The summed E-state index contributed by atoms with van der Waals surface area (Å²) in [5.41, 5.74) is 2.16. The molecule has 0 aliphatic carbocycles. The van der Waals surface area contributed by atoms with Crippen molar-refractivity contribution < 1.29 is 19.5 Å². The molecule has 0 radical (unpaired) electrons. The zero-order valence-corrected chi connectivity index (χ0v) is 24.5. The van der Waals surface area contributed by atoms with Gasteiger partial charge >= 0.3 is 0 Å². The van der Waals surface area contributed by atoms with Gasteiger partial charge in [0.1, 0.15) is 18.2 Å². The van der Waals surface area contributed by atoms with Crippen molar-refractivity contribution >= 4 is 62.1 Å². The molecule has 210 valence electrons. The topological polar surface area (TPSA) is 129 Å². The van der Waals surface area contributed by atoms with E-state index in [0.717, 1.165) is 5.52 Å². The predicted molar refractivity (Wildman–Crippen MR) is 156 cm³/mol. The third-order valence-electron chi connectivity index (χ3n) is 8.46. The lowest BCUT2D eigenvalue weighted by Crippen LogP contribution is -2.58. The second kappa shape index (κ2) is 10.5. The summed E-state index contributed by atoms with van der Waals surface area (Å²) in [5.74, 6) is -2.21. The second-order valence-electron chi connectivity index (χ2n) is 11.0. The number of likely N-dealkylation sites (tertiary alicyclic amines) is 1. The van der Waals surface area contributed by atoms with E-state index in [2.05, 4.69) is 36.9 Å². The van der Waals surface area contributed by atoms with Crippen LogP contribution in [-0.2, 0) is 21.1 Å². The highest BCUT2D eigenvalue weighted by Crippen LogP contribution is 2.68. The van der Waals surface area contributed by atoms with E-state index in [0.29, 0.717) is 17.6 Å². The van der Waals surface area contributed by atoms with Gasteiger partial charge in [0.15, 0.2) is 0 Å². The predicted octanol–water partition coefficient (Wildman–Crippen LogP) is 2.63. The number of amides is 3. The number of carbonyl (C=O) groups is 3. The minimum absolute atomic E-state index is 0.0470. The van der Waals surface area contributed by atoms with Gasteiger partial charge in [0, 0.05) is 15.8 Å². The lowest BCUT2D eigenvalue weighted by Gasteiger charge is -2.38. The van der Waals surface area contributed by atoms with Crippen molar-refractivity contribution in [2.45, 2.75) is 53.8 Å². The van der Waals surface area contributed by atoms with Gasteiger partial charge in [0.05, 0.1) is 34.7 Å². The van der Waals surface area contributed by atoms with Gasteiger partial charge in [-0.05, 0) is 36.6 Å². The molecule has 3 fully saturated rings. The van der Waals surface area contributed by atoms with Crippen LogP contribution in [0.1, 0.15) is 20.3 Å². The lowest BCUT2D eigenvalue weighted by atomic mass is 9.70. The van der Waals surface area contributed by atoms with Gasteiger partial charge in [-0.25, -0.2) is 4.68 Å². The summed E-state index contributed by atoms with van der Waals surface area (Å²) in [4.78, 5) is 43.6. The van der Waals surface area contributed by atoms with Gasteiger partial charge < -0.3 is 20.6 Å². The van der Waals surface area contributed by atoms with Crippen LogP contribution in [0.3, 0.4) is 0 Å². The number of benzene rings is 2. The minimum atomic E-state index is -0.857. The molecule has 3 unspecified atom stereocenters. The van der Waals surface area contributed by atoms with Crippen molar-refractivity contribution in [1.82, 2.24) is 25.2 Å². The van der Waals surface area contributed by atoms with Crippen LogP contribution >= 0.6 is 27.7 Å². The normalized spacial score (nSPS) is 29.7. The van der Waals surface area contributed by atoms with Crippen LogP contribution in [0, 0.1) is 17.8 Å². The molecule has 3 saturated heterocycles. The number of anilines is 1. The molecule has 10 nitrogen and oxygen atoms in total. The molecule has 0 saturated carbocycles. The first-order chi connectivity index (χ1) is 19.3. The van der Waals surface area contributed by atoms with Crippen LogP contribution in [0.15, 0.2) is 54.6 Å². The largest absolute Gasteiger partial charge is 0.394 e. The molecular weight excluding hydrogens is 596 g/mol. The Hall–Kier alpha value is -2.96. The fourth-order valence-electron chi connectivity index (χ4n) is 6.67. The van der Waals surface area contributed by atoms with E-state index in [1.54, 1.807) is 21.3 Å². The number of nitrogens with zero attached hydrogens (tertiary/aromatic N) is 4. The Morgan fingerprint density at radius 3 is 2.60 bits per heavy atom. The maximum atomic E-state index is 14.3. The summed E-state index contributed by atoms with van der Waals surface area (Å²) in [6.07, 6.45) is 0.560. The van der Waals surface area contributed by atoms with Gasteiger partial charge in [0.2, 0.25) is 17.7 Å². The standard InChI is InChI=1S/C28H31BrN6O4S/c1-15(2)20(13-36)35-24(26(38)30-14-34-19-11-7-6-10-18(19)32-33-34)28-12-17(29)23(40-28)21(22(28)27(35)39)25(37)31-16-8-4-3-5-9-16/h3-11,15,17,20-24,36H,12-14H2,1-2H3,(H,30,38)(H,31,37)/t17?,20-,21+,22-,23+,24?,28?/m0/s1. The van der Waals surface area contributed by atoms with E-state index in [9.17, 15) is 19.5 Å². The number of fused-ring (bicyclic) bond motifs is 2. The quantitative estimate of drug-likeness (QED) is 0.328. The fourth-order valence-corrected chi connectivity index (χ4v) is 10.3. The highest BCUT2D eigenvalue weighted by molar-refractivity contribution is 9.09. The molecule has 3 amide bonds. The van der Waals surface area contributed by atoms with E-state index >= 15 is 0 Å². The van der Waals surface area contributed by atoms with Crippen molar-refractivity contribution in [3.63, 3.8) is 0 Å². The van der Waals surface area contributed by atoms with E-state index in [1.807, 2.05) is 68.4 Å². The average Bonchev–Trinajstić information content (AvgIpc) is 3.66. The molecule has 40 heavy (non-hydrogen) atoms. The maximum absolute atomic E-state index is 14.3. The van der Waals surface area contributed by atoms with E-state index in [4.69, 9.17) is 0 Å². The third kappa shape index (κ3) is 4.22. The van der Waals surface area contributed by atoms with Crippen LogP contribution in [0.2, 0.25) is 0 Å². The number of nitrogens with one attached hydrogen (secondary N) is 2. The molecule has 3 aromatic rings. The number of aliphatic hydroxyl groups excluding tert-OH is 1. The van der Waals surface area contributed by atoms with Crippen LogP contribution in [-0.4, -0.2) is 76.2 Å². The Morgan fingerprint density at radius 2 is 1.88 bits per heavy atom. The molecule has 4 heterocycles. The summed E-state index contributed by atoms with van der Waals surface area (Å²) in [5, 5.41) is 24.5. The smallest absolute Gasteiger partial charge is 0.245 e. The first-order valence-electron chi connectivity index (χ1n) is 13.4. The molecule has 1 spiro atoms. The van der Waals surface area contributed by atoms with Crippen molar-refractivity contribution in [2.75, 3.05) is 11.9 Å². The number of aliphatic hydroxyl groups is 1. The average molecular weight is 628 g/mol. The monoisotopic (exact) mass is 626 g/mol. The van der Waals surface area contributed by atoms with Crippen molar-refractivity contribution in [3.05, 3.63) is 54.6 Å². The second-order valence-corrected chi connectivity index (χ2v) is 13.8. The number of hydrogen-bond donors (Lipinski definition) is 3. The van der Waals surface area contributed by atoms with Crippen LogP contribution in [0.25, 0.3) is 11.0 Å². The Balaban J connectivity index is 1.34. The number of halogens is 1. The van der Waals surface area contributed by atoms with E-state index in [1.165, 1.54) is 0 Å². The number of aromatic nitrogens is 3. The van der Waals surface area contributed by atoms with Gasteiger partial charge in [0.25, 0.3) is 0 Å². The summed E-state index contributed by atoms with van der Waals surface area (Å²) >= 11 is 5.35. The molecule has 3 N–H and O–H groups in total. The third-order valence-corrected chi connectivity index (χ3v) is 11.7. The first-order valence-corrected chi connectivity index (χ1v) is 15.2. The highest BCUT2D eigenvalue weighted by atomic mass is 79.9. The molecule has 7 atom stereocenters. The number of hydrogen-bond acceptors (Lipinski definition) is 7. The molecule has 12 heteroatoms. The minimum Gasteiger partial charge on any atom is -0.394 e. The highest BCUT2D eigenvalue weighted by Gasteiger charge is 2.76. The maximum Gasteiger partial charge on any atom is 0.245 e. The van der Waals surface area contributed by atoms with Crippen LogP contribution in [0.4, 0.5) is 5.69 Å². The molecular formula is C28H31BrN6O4S. The Labute approximate surface area is 244 Å². The first kappa shape index (κ1) is 27.2. The van der Waals surface area contributed by atoms with Gasteiger partial charge in [-0.15, -0.1) is 16.9 Å². The Bertz CT molecular complexity index is 1450. The van der Waals surface area contributed by atoms with Crippen molar-refractivity contribution in [1.29, 1.82) is 0 Å². The molecule has 2 bridgehead atoms. The van der Waals surface area contributed by atoms with Gasteiger partial charge in [-0.3, -0.25) is 14.4 Å². The molecule has 1 aromatic heterocycles. The van der Waals surface area contributed by atoms with E-state index < -0.39 is 28.7 Å². The van der Waals surface area contributed by atoms with Gasteiger partial charge in [-0.2, -0.15) is 0 Å². The zero-order valence-electron chi connectivity index (χ0n) is 22.1. The van der Waals surface area contributed by atoms with Crippen molar-refractivity contribution in [3.8, 4) is 0 Å². The summed E-state index contributed by atoms with van der Waals surface area (Å²) in [7, 11) is 0. The molecule has 3 aliphatic rings. The summed E-state index contributed by atoms with van der Waals surface area (Å²) in [6.45, 7) is 3.64. The summed E-state index contributed by atoms with van der Waals surface area (Å²) < 4.78 is 0.795. The lowest BCUT2D eigenvalue weighted by molar-refractivity contribution is -0.143. The van der Waals surface area contributed by atoms with Crippen molar-refractivity contribution in [2.24, 2.45) is 17.8 Å². The Morgan fingerprint density at radius 1 is 1.15 bits per heavy atom. The number of para-hydroxylation sites is 2. The van der Waals surface area contributed by atoms with E-state index in [-0.39, 0.29) is 47.0 Å². The number of alkyl halides is 1. The Kier molecular flexibility index (Phi) is 7.12. The SMILES string of the molecule is CC(C)[C@H](CO)N1C(=O)[C@@H]2[C@@H](C(=O)Nc3ccccc3)[C@@H]3SC2(CC3Br)C1C(=O)NCn1nnc2ccccc21.